The van der Waals surface area contributed by atoms with Crippen molar-refractivity contribution >= 4 is 17.2 Å². The van der Waals surface area contributed by atoms with E-state index in [0.717, 1.165) is 52.6 Å². The van der Waals surface area contributed by atoms with E-state index >= 15 is 0 Å². The second-order valence-electron chi connectivity index (χ2n) is 8.31. The molecule has 0 radical (unpaired) electrons. The maximum absolute atomic E-state index is 5.44. The van der Waals surface area contributed by atoms with Crippen molar-refractivity contribution in [3.8, 4) is 11.5 Å². The number of aliphatic imine (C=N–C) groups is 1. The van der Waals surface area contributed by atoms with Gasteiger partial charge < -0.3 is 20.1 Å². The Bertz CT molecular complexity index is 1090. The zero-order valence-corrected chi connectivity index (χ0v) is 25.3. The number of anilines is 1. The van der Waals surface area contributed by atoms with Gasteiger partial charge in [-0.3, -0.25) is 0 Å². The molecule has 0 aromatic heterocycles. The van der Waals surface area contributed by atoms with Gasteiger partial charge in [0, 0.05) is 30.2 Å². The third kappa shape index (κ3) is 12.0. The van der Waals surface area contributed by atoms with Crippen LogP contribution in [0.5, 0.6) is 11.5 Å². The minimum atomic E-state index is 0.708. The van der Waals surface area contributed by atoms with Crippen LogP contribution < -0.4 is 20.1 Å². The third-order valence-electron chi connectivity index (χ3n) is 5.25. The highest BCUT2D eigenvalue weighted by Crippen LogP contribution is 2.34. The van der Waals surface area contributed by atoms with Crippen LogP contribution in [0.15, 0.2) is 84.0 Å². The average Bonchev–Trinajstić information content (AvgIpc) is 2.91. The quantitative estimate of drug-likeness (QED) is 0.187. The van der Waals surface area contributed by atoms with E-state index in [2.05, 4.69) is 73.8 Å². The van der Waals surface area contributed by atoms with E-state index in [9.17, 15) is 0 Å². The van der Waals surface area contributed by atoms with Crippen LogP contribution in [0.1, 0.15) is 65.2 Å². The van der Waals surface area contributed by atoms with Crippen LogP contribution in [0.3, 0.4) is 0 Å². The van der Waals surface area contributed by atoms with Crippen LogP contribution in [0.2, 0.25) is 0 Å². The van der Waals surface area contributed by atoms with Crippen molar-refractivity contribution in [3.05, 3.63) is 95.7 Å². The van der Waals surface area contributed by atoms with Crippen molar-refractivity contribution in [2.45, 2.75) is 61.8 Å². The van der Waals surface area contributed by atoms with Gasteiger partial charge in [0.25, 0.3) is 0 Å². The number of nitrogens with one attached hydrogen (secondary N) is 2. The number of hydrogen-bond acceptors (Lipinski definition) is 4. The molecule has 0 bridgehead atoms. The minimum Gasteiger partial charge on any atom is -0.493 e. The Labute approximate surface area is 232 Å². The summed E-state index contributed by atoms with van der Waals surface area (Å²) in [7, 11) is 3.29. The van der Waals surface area contributed by atoms with Crippen molar-refractivity contribution in [2.24, 2.45) is 4.99 Å². The smallest absolute Gasteiger partial charge is 0.164 e. The van der Waals surface area contributed by atoms with Crippen molar-refractivity contribution in [2.75, 3.05) is 26.1 Å². The van der Waals surface area contributed by atoms with Crippen LogP contribution in [0.4, 0.5) is 5.69 Å². The fourth-order valence-corrected chi connectivity index (χ4v) is 3.41. The number of hydrogen-bond donors (Lipinski definition) is 2. The molecule has 0 atom stereocenters. The van der Waals surface area contributed by atoms with E-state index in [1.54, 1.807) is 14.2 Å². The second-order valence-corrected chi connectivity index (χ2v) is 8.31. The molecule has 5 heteroatoms. The molecule has 38 heavy (non-hydrogen) atoms. The van der Waals surface area contributed by atoms with Crippen LogP contribution in [-0.2, 0) is 6.42 Å². The first-order valence-electron chi connectivity index (χ1n) is 13.2. The molecule has 0 amide bonds. The molecule has 208 valence electrons. The highest BCUT2D eigenvalue weighted by Gasteiger charge is 2.11. The van der Waals surface area contributed by atoms with Gasteiger partial charge in [-0.05, 0) is 75.4 Å². The molecule has 0 fully saturated rings. The van der Waals surface area contributed by atoms with E-state index in [-0.39, 0.29) is 0 Å². The summed E-state index contributed by atoms with van der Waals surface area (Å²) in [5.74, 6) is 2.27. The van der Waals surface area contributed by atoms with Gasteiger partial charge in [-0.15, -0.1) is 0 Å². The summed E-state index contributed by atoms with van der Waals surface area (Å²) in [6.45, 7) is 24.9. The largest absolute Gasteiger partial charge is 0.493 e. The summed E-state index contributed by atoms with van der Waals surface area (Å²) < 4.78 is 10.9. The van der Waals surface area contributed by atoms with Crippen molar-refractivity contribution in [1.82, 2.24) is 5.32 Å². The standard InChI is InChI=1S/C20H28N2O2.C11H15N.C2H6/c1-8-10-17(14(3)4)13-21-15(5)22-18-11-16(9-2)20(24-7)19(12-18)23-6;1-4-12-10(3)11-7-5-6-9(2)8-11;1-2/h8,10-13H,3,9H2,1-2,4-7H3,(H,21,22);5-8,12H,3-4H2,1-2H3;1-2H3/b10-8-,17-13-;;. The maximum Gasteiger partial charge on any atom is 0.164 e. The molecular formula is C33H49N3O2. The van der Waals surface area contributed by atoms with Crippen LogP contribution >= 0.6 is 0 Å². The van der Waals surface area contributed by atoms with Crippen LogP contribution in [0.25, 0.3) is 5.70 Å². The van der Waals surface area contributed by atoms with Gasteiger partial charge in [0.05, 0.1) is 14.2 Å². The molecule has 0 unspecified atom stereocenters. The zero-order valence-electron chi connectivity index (χ0n) is 25.3. The van der Waals surface area contributed by atoms with Gasteiger partial charge in [0.15, 0.2) is 11.5 Å². The predicted octanol–water partition coefficient (Wildman–Crippen LogP) is 8.73. The van der Waals surface area contributed by atoms with Gasteiger partial charge >= 0.3 is 0 Å². The fourth-order valence-electron chi connectivity index (χ4n) is 3.41. The Morgan fingerprint density at radius 3 is 2.21 bits per heavy atom. The number of nitrogens with zero attached hydrogens (tertiary/aromatic N) is 1. The molecule has 2 rings (SSSR count). The Balaban J connectivity index is 0.000000815. The predicted molar refractivity (Wildman–Crippen MR) is 169 cm³/mol. The summed E-state index contributed by atoms with van der Waals surface area (Å²) in [6, 6.07) is 12.3. The number of benzene rings is 2. The van der Waals surface area contributed by atoms with E-state index in [1.807, 2.05) is 65.1 Å². The molecule has 0 saturated heterocycles. The summed E-state index contributed by atoms with van der Waals surface area (Å²) in [4.78, 5) is 4.47. The topological polar surface area (TPSA) is 54.9 Å². The Kier molecular flexibility index (Phi) is 17.5. The average molecular weight is 520 g/mol. The van der Waals surface area contributed by atoms with E-state index in [4.69, 9.17) is 9.47 Å². The van der Waals surface area contributed by atoms with Gasteiger partial charge in [-0.1, -0.05) is 69.8 Å². The van der Waals surface area contributed by atoms with Crippen LogP contribution in [0, 0.1) is 6.92 Å². The van der Waals surface area contributed by atoms with E-state index < -0.39 is 0 Å². The first kappa shape index (κ1) is 34.3. The molecular weight excluding hydrogens is 470 g/mol. The number of aryl methyl sites for hydroxylation is 2. The molecule has 0 heterocycles. The highest BCUT2D eigenvalue weighted by atomic mass is 16.5. The van der Waals surface area contributed by atoms with Gasteiger partial charge in [-0.2, -0.15) is 0 Å². The molecule has 2 aromatic rings. The number of methoxy groups -OCH3 is 2. The summed E-state index contributed by atoms with van der Waals surface area (Å²) in [5.41, 5.74) is 7.43. The maximum atomic E-state index is 5.44. The van der Waals surface area contributed by atoms with Crippen molar-refractivity contribution in [1.29, 1.82) is 0 Å². The molecule has 2 N–H and O–H groups in total. The summed E-state index contributed by atoms with van der Waals surface area (Å²) in [6.07, 6.45) is 6.63. The molecule has 0 aliphatic rings. The number of ether oxygens (including phenoxy) is 2. The fraction of sp³-hybridized carbons (Fsp3) is 0.364. The van der Waals surface area contributed by atoms with Crippen molar-refractivity contribution in [3.63, 3.8) is 0 Å². The number of rotatable bonds is 10. The SMILES string of the molecule is C=C(C)C(/C=C\C)=C\N=C(C)Nc1cc(CC)c(OC)c(OC)c1.C=C(NCC)c1cccc(C)c1.CC. The highest BCUT2D eigenvalue weighted by molar-refractivity contribution is 5.94. The zero-order chi connectivity index (χ0) is 29.1. The Hall–Kier alpha value is -3.73. The normalized spacial score (nSPS) is 11.0. The van der Waals surface area contributed by atoms with Gasteiger partial charge in [0.1, 0.15) is 5.84 Å². The Morgan fingerprint density at radius 1 is 1.03 bits per heavy atom. The van der Waals surface area contributed by atoms with Crippen LogP contribution in [-0.4, -0.2) is 26.6 Å². The lowest BCUT2D eigenvalue weighted by molar-refractivity contribution is 0.352. The number of amidine groups is 1. The molecule has 5 nitrogen and oxygen atoms in total. The molecule has 2 aromatic carbocycles. The second kappa shape index (κ2) is 19.4. The summed E-state index contributed by atoms with van der Waals surface area (Å²) >= 11 is 0. The lowest BCUT2D eigenvalue weighted by Crippen LogP contribution is -2.09. The van der Waals surface area contributed by atoms with E-state index in [1.165, 1.54) is 11.1 Å². The molecule has 0 aliphatic heterocycles. The number of allylic oxidation sites excluding steroid dienone is 4. The minimum absolute atomic E-state index is 0.708. The third-order valence-corrected chi connectivity index (χ3v) is 5.25. The van der Waals surface area contributed by atoms with Gasteiger partial charge in [0.2, 0.25) is 0 Å². The lowest BCUT2D eigenvalue weighted by atomic mass is 10.1. The first-order chi connectivity index (χ1) is 18.2. The monoisotopic (exact) mass is 519 g/mol. The lowest BCUT2D eigenvalue weighted by Gasteiger charge is -2.15. The Morgan fingerprint density at radius 2 is 1.71 bits per heavy atom. The molecule has 0 saturated carbocycles. The van der Waals surface area contributed by atoms with Crippen molar-refractivity contribution < 1.29 is 9.47 Å². The molecule has 0 aliphatic carbocycles. The van der Waals surface area contributed by atoms with E-state index in [0.29, 0.717) is 5.75 Å². The summed E-state index contributed by atoms with van der Waals surface area (Å²) in [5, 5.41) is 6.49. The first-order valence-corrected chi connectivity index (χ1v) is 13.2. The molecule has 0 spiro atoms. The van der Waals surface area contributed by atoms with Gasteiger partial charge in [-0.25, -0.2) is 4.99 Å².